The predicted octanol–water partition coefficient (Wildman–Crippen LogP) is 3.54. The Morgan fingerprint density at radius 2 is 1.93 bits per heavy atom. The van der Waals surface area contributed by atoms with Crippen molar-refractivity contribution in [1.82, 2.24) is 14.5 Å². The first-order valence-corrected chi connectivity index (χ1v) is 10.5. The van der Waals surface area contributed by atoms with Crippen molar-refractivity contribution < 1.29 is 4.79 Å². The first-order valence-electron chi connectivity index (χ1n) is 9.60. The Labute approximate surface area is 167 Å². The highest BCUT2D eigenvalue weighted by atomic mass is 32.1. The van der Waals surface area contributed by atoms with E-state index < -0.39 is 0 Å². The van der Waals surface area contributed by atoms with E-state index in [2.05, 4.69) is 11.1 Å². The van der Waals surface area contributed by atoms with Crippen molar-refractivity contribution in [2.45, 2.75) is 25.8 Å². The molecule has 1 amide bonds. The van der Waals surface area contributed by atoms with E-state index in [-0.39, 0.29) is 17.4 Å². The van der Waals surface area contributed by atoms with Gasteiger partial charge in [-0.3, -0.25) is 9.59 Å². The van der Waals surface area contributed by atoms with Crippen molar-refractivity contribution in [3.63, 3.8) is 0 Å². The van der Waals surface area contributed by atoms with E-state index in [0.717, 1.165) is 28.2 Å². The summed E-state index contributed by atoms with van der Waals surface area (Å²) in [7, 11) is 0. The number of likely N-dealkylation sites (tertiary alicyclic amines) is 1. The molecule has 1 aromatic carbocycles. The fourth-order valence-electron chi connectivity index (χ4n) is 4.55. The highest BCUT2D eigenvalue weighted by molar-refractivity contribution is 7.09. The van der Waals surface area contributed by atoms with Crippen LogP contribution in [0.25, 0.3) is 11.1 Å². The Hall–Kier alpha value is -2.73. The quantitative estimate of drug-likeness (QED) is 0.671. The molecule has 0 N–H and O–H groups in total. The van der Waals surface area contributed by atoms with E-state index in [9.17, 15) is 9.59 Å². The number of rotatable bonds is 2. The van der Waals surface area contributed by atoms with Crippen LogP contribution >= 0.6 is 11.3 Å². The third kappa shape index (κ3) is 2.98. The molecule has 2 aromatic heterocycles. The largest absolute Gasteiger partial charge is 0.336 e. The van der Waals surface area contributed by atoms with E-state index in [1.54, 1.807) is 6.07 Å². The summed E-state index contributed by atoms with van der Waals surface area (Å²) in [5.74, 6) is 0.511. The molecule has 5 nitrogen and oxygen atoms in total. The number of fused-ring (bicyclic) bond motifs is 4. The minimum absolute atomic E-state index is 0.00839. The molecule has 0 aliphatic carbocycles. The van der Waals surface area contributed by atoms with Crippen LogP contribution in [-0.2, 0) is 6.54 Å². The Balaban J connectivity index is 1.49. The molecule has 142 valence electrons. The van der Waals surface area contributed by atoms with Crippen molar-refractivity contribution in [3.05, 3.63) is 74.6 Å². The molecule has 5 rings (SSSR count). The molecule has 2 aliphatic heterocycles. The lowest BCUT2D eigenvalue weighted by Gasteiger charge is -2.42. The Morgan fingerprint density at radius 3 is 2.68 bits per heavy atom. The highest BCUT2D eigenvalue weighted by Crippen LogP contribution is 2.37. The van der Waals surface area contributed by atoms with Gasteiger partial charge in [0.05, 0.1) is 5.01 Å². The molecule has 0 radical (unpaired) electrons. The monoisotopic (exact) mass is 391 g/mol. The Morgan fingerprint density at radius 1 is 1.11 bits per heavy atom. The van der Waals surface area contributed by atoms with Gasteiger partial charge in [0.25, 0.3) is 11.5 Å². The molecular weight excluding hydrogens is 370 g/mol. The number of carbonyl (C=O) groups is 1. The van der Waals surface area contributed by atoms with Crippen LogP contribution in [0.2, 0.25) is 0 Å². The molecule has 0 unspecified atom stereocenters. The molecule has 6 heteroatoms. The second-order valence-electron chi connectivity index (χ2n) is 7.74. The maximum absolute atomic E-state index is 12.9. The van der Waals surface area contributed by atoms with Gasteiger partial charge in [0.1, 0.15) is 5.69 Å². The van der Waals surface area contributed by atoms with Crippen molar-refractivity contribution >= 4 is 17.2 Å². The maximum atomic E-state index is 12.9. The third-order valence-corrected chi connectivity index (χ3v) is 6.56. The van der Waals surface area contributed by atoms with Crippen LogP contribution in [0.5, 0.6) is 0 Å². The first-order chi connectivity index (χ1) is 13.6. The summed E-state index contributed by atoms with van der Waals surface area (Å²) < 4.78 is 1.92. The molecule has 0 saturated carbocycles. The smallest absolute Gasteiger partial charge is 0.273 e. The van der Waals surface area contributed by atoms with Crippen molar-refractivity contribution in [3.8, 4) is 11.1 Å². The summed E-state index contributed by atoms with van der Waals surface area (Å²) >= 11 is 1.50. The van der Waals surface area contributed by atoms with Gasteiger partial charge >= 0.3 is 0 Å². The van der Waals surface area contributed by atoms with E-state index in [1.165, 1.54) is 11.3 Å². The Kier molecular flexibility index (Phi) is 4.16. The van der Waals surface area contributed by atoms with Crippen LogP contribution in [-0.4, -0.2) is 33.4 Å². The van der Waals surface area contributed by atoms with Gasteiger partial charge in [0, 0.05) is 42.7 Å². The number of carbonyl (C=O) groups excluding carboxylic acids is 1. The molecule has 0 spiro atoms. The lowest BCUT2D eigenvalue weighted by molar-refractivity contribution is 0.0589. The van der Waals surface area contributed by atoms with Gasteiger partial charge in [-0.15, -0.1) is 11.3 Å². The van der Waals surface area contributed by atoms with Gasteiger partial charge in [-0.05, 0) is 36.5 Å². The zero-order valence-electron chi connectivity index (χ0n) is 15.7. The third-order valence-electron chi connectivity index (χ3n) is 5.79. The van der Waals surface area contributed by atoms with Crippen molar-refractivity contribution in [1.29, 1.82) is 0 Å². The summed E-state index contributed by atoms with van der Waals surface area (Å²) in [5, 5.41) is 2.75. The van der Waals surface area contributed by atoms with Crippen LogP contribution in [0.1, 0.15) is 33.5 Å². The van der Waals surface area contributed by atoms with Gasteiger partial charge in [0.15, 0.2) is 0 Å². The second-order valence-corrected chi connectivity index (χ2v) is 8.81. The van der Waals surface area contributed by atoms with Gasteiger partial charge in [0.2, 0.25) is 0 Å². The molecule has 3 aromatic rings. The molecule has 28 heavy (non-hydrogen) atoms. The molecule has 4 heterocycles. The van der Waals surface area contributed by atoms with Crippen LogP contribution in [0.4, 0.5) is 0 Å². The summed E-state index contributed by atoms with van der Waals surface area (Å²) in [6.07, 6.45) is 1.03. The molecule has 2 atom stereocenters. The van der Waals surface area contributed by atoms with Gasteiger partial charge < -0.3 is 9.47 Å². The second kappa shape index (κ2) is 6.71. The molecule has 2 bridgehead atoms. The number of pyridine rings is 1. The van der Waals surface area contributed by atoms with Gasteiger partial charge in [-0.2, -0.15) is 0 Å². The molecule has 2 aliphatic rings. The number of hydrogen-bond acceptors (Lipinski definition) is 4. The number of thiazole rings is 1. The van der Waals surface area contributed by atoms with Crippen LogP contribution < -0.4 is 5.56 Å². The van der Waals surface area contributed by atoms with Gasteiger partial charge in [-0.25, -0.2) is 4.98 Å². The van der Waals surface area contributed by atoms with E-state index in [4.69, 9.17) is 0 Å². The molecule has 1 fully saturated rings. The maximum Gasteiger partial charge on any atom is 0.273 e. The van der Waals surface area contributed by atoms with Crippen molar-refractivity contribution in [2.24, 2.45) is 5.92 Å². The summed E-state index contributed by atoms with van der Waals surface area (Å²) in [5.41, 5.74) is 3.65. The fraction of sp³-hybridized carbons (Fsp3) is 0.318. The summed E-state index contributed by atoms with van der Waals surface area (Å²) in [4.78, 5) is 32.0. The number of aromatic nitrogens is 2. The zero-order chi connectivity index (χ0) is 19.3. The zero-order valence-corrected chi connectivity index (χ0v) is 16.5. The molecular formula is C22H21N3O2S. The van der Waals surface area contributed by atoms with Crippen LogP contribution in [0.3, 0.4) is 0 Å². The molecule has 1 saturated heterocycles. The average Bonchev–Trinajstić information content (AvgIpc) is 3.15. The minimum Gasteiger partial charge on any atom is -0.336 e. The number of nitrogens with zero attached hydrogens (tertiary/aromatic N) is 3. The first kappa shape index (κ1) is 17.4. The lowest BCUT2D eigenvalue weighted by atomic mass is 9.82. The van der Waals surface area contributed by atoms with E-state index >= 15 is 0 Å². The van der Waals surface area contributed by atoms with Gasteiger partial charge in [-0.1, -0.05) is 30.3 Å². The standard InChI is InChI=1S/C22H21N3O2S/c1-14-23-19(13-28-14)22(27)24-10-15-7-18(12-24)20-8-17(9-21(26)25(20)11-15)16-5-3-2-4-6-16/h2-6,8-9,13,15,18H,7,10-12H2,1H3/t15-,18+/m0/s1. The number of aryl methyl sites for hydroxylation is 1. The minimum atomic E-state index is 0.00839. The average molecular weight is 391 g/mol. The number of benzene rings is 1. The fourth-order valence-corrected chi connectivity index (χ4v) is 5.13. The topological polar surface area (TPSA) is 55.2 Å². The Bertz CT molecular complexity index is 1100. The summed E-state index contributed by atoms with van der Waals surface area (Å²) in [6.45, 7) is 3.93. The summed E-state index contributed by atoms with van der Waals surface area (Å²) in [6, 6.07) is 13.9. The van der Waals surface area contributed by atoms with Crippen LogP contribution in [0, 0.1) is 12.8 Å². The highest BCUT2D eigenvalue weighted by Gasteiger charge is 2.37. The normalized spacial score (nSPS) is 20.7. The number of amides is 1. The lowest BCUT2D eigenvalue weighted by Crippen LogP contribution is -2.49. The SMILES string of the molecule is Cc1nc(C(=O)N2C[C@@H]3C[C@H](C2)c2cc(-c4ccccc4)cc(=O)n2C3)cs1. The van der Waals surface area contributed by atoms with Crippen LogP contribution in [0.15, 0.2) is 52.6 Å². The predicted molar refractivity (Wildman–Crippen MR) is 110 cm³/mol. The van der Waals surface area contributed by atoms with Crippen molar-refractivity contribution in [2.75, 3.05) is 13.1 Å². The number of hydrogen-bond donors (Lipinski definition) is 0. The van der Waals surface area contributed by atoms with E-state index in [0.29, 0.717) is 31.2 Å². The van der Waals surface area contributed by atoms with E-state index in [1.807, 2.05) is 52.1 Å². The number of piperidine rings is 1.